The molecule has 0 amide bonds. The number of rotatable bonds is 6. The van der Waals surface area contributed by atoms with Crippen LogP contribution in [0.25, 0.3) is 33.6 Å². The third-order valence-electron chi connectivity index (χ3n) is 6.37. The van der Waals surface area contributed by atoms with Crippen molar-refractivity contribution in [1.82, 2.24) is 29.5 Å². The zero-order valence-corrected chi connectivity index (χ0v) is 18.4. The molecule has 5 rings (SSSR count). The summed E-state index contributed by atoms with van der Waals surface area (Å²) in [6.07, 6.45) is 19.8. The maximum Gasteiger partial charge on any atom is 0.159 e. The summed E-state index contributed by atoms with van der Waals surface area (Å²) in [5.74, 6) is 1.44. The fourth-order valence-corrected chi connectivity index (χ4v) is 4.67. The Morgan fingerprint density at radius 2 is 1.72 bits per heavy atom. The summed E-state index contributed by atoms with van der Waals surface area (Å²) in [6, 6.07) is 8.72. The van der Waals surface area contributed by atoms with Crippen LogP contribution in [0.3, 0.4) is 0 Å². The molecule has 6 heteroatoms. The van der Waals surface area contributed by atoms with E-state index < -0.39 is 0 Å². The van der Waals surface area contributed by atoms with Crippen molar-refractivity contribution in [2.45, 2.75) is 38.1 Å². The molecular formula is C26H28N6. The summed E-state index contributed by atoms with van der Waals surface area (Å²) in [6.45, 7) is 3.91. The smallest absolute Gasteiger partial charge is 0.159 e. The lowest BCUT2D eigenvalue weighted by Crippen LogP contribution is -2.19. The van der Waals surface area contributed by atoms with Gasteiger partial charge in [0.05, 0.1) is 18.4 Å². The molecule has 0 radical (unpaired) electrons. The number of aromatic nitrogens is 6. The third kappa shape index (κ3) is 4.26. The normalized spacial score (nSPS) is 18.5. The van der Waals surface area contributed by atoms with Crippen LogP contribution in [-0.2, 0) is 7.05 Å². The van der Waals surface area contributed by atoms with Gasteiger partial charge in [0.2, 0.25) is 0 Å². The zero-order chi connectivity index (χ0) is 21.9. The fraction of sp³-hybridized carbons (Fsp3) is 0.308. The molecule has 6 nitrogen and oxygen atoms in total. The summed E-state index contributed by atoms with van der Waals surface area (Å²) in [5.41, 5.74) is 5.22. The average molecular weight is 425 g/mol. The number of aryl methyl sites for hydroxylation is 1. The minimum Gasteiger partial charge on any atom is -0.275 e. The Labute approximate surface area is 188 Å². The van der Waals surface area contributed by atoms with Crippen LogP contribution in [0.2, 0.25) is 0 Å². The van der Waals surface area contributed by atoms with E-state index in [1.807, 2.05) is 56.2 Å². The Bertz CT molecular complexity index is 1200. The highest BCUT2D eigenvalue weighted by Gasteiger charge is 2.23. The van der Waals surface area contributed by atoms with Crippen LogP contribution in [0.15, 0.2) is 74.1 Å². The fourth-order valence-electron chi connectivity index (χ4n) is 4.67. The van der Waals surface area contributed by atoms with Gasteiger partial charge in [0, 0.05) is 54.1 Å². The average Bonchev–Trinajstić information content (AvgIpc) is 3.49. The molecule has 3 heterocycles. The molecule has 4 aromatic rings. The molecule has 32 heavy (non-hydrogen) atoms. The summed E-state index contributed by atoms with van der Waals surface area (Å²) in [7, 11) is 1.92. The minimum absolute atomic E-state index is 0.470. The maximum absolute atomic E-state index is 4.67. The Balaban J connectivity index is 1.33. The van der Waals surface area contributed by atoms with Crippen LogP contribution in [0.5, 0.6) is 0 Å². The molecule has 162 valence electrons. The minimum atomic E-state index is 0.470. The van der Waals surface area contributed by atoms with Gasteiger partial charge >= 0.3 is 0 Å². The summed E-state index contributed by atoms with van der Waals surface area (Å²) in [4.78, 5) is 9.29. The highest BCUT2D eigenvalue weighted by Crippen LogP contribution is 2.35. The highest BCUT2D eigenvalue weighted by atomic mass is 15.3. The molecule has 1 aromatic carbocycles. The van der Waals surface area contributed by atoms with E-state index in [1.54, 1.807) is 4.68 Å². The van der Waals surface area contributed by atoms with E-state index >= 15 is 0 Å². The van der Waals surface area contributed by atoms with Gasteiger partial charge in [-0.1, -0.05) is 30.7 Å². The number of benzene rings is 1. The van der Waals surface area contributed by atoms with Crippen LogP contribution in [0.1, 0.15) is 38.1 Å². The molecule has 3 aromatic heterocycles. The molecule has 0 N–H and O–H groups in total. The highest BCUT2D eigenvalue weighted by molar-refractivity contribution is 5.70. The van der Waals surface area contributed by atoms with Gasteiger partial charge in [-0.25, -0.2) is 9.97 Å². The second-order valence-electron chi connectivity index (χ2n) is 8.70. The van der Waals surface area contributed by atoms with Gasteiger partial charge in [0.1, 0.15) is 0 Å². The molecule has 0 aliphatic heterocycles. The second kappa shape index (κ2) is 8.91. The predicted molar refractivity (Wildman–Crippen MR) is 127 cm³/mol. The van der Waals surface area contributed by atoms with E-state index in [1.165, 1.54) is 25.7 Å². The summed E-state index contributed by atoms with van der Waals surface area (Å²) in [5, 5.41) is 8.93. The molecule has 1 aliphatic rings. The lowest BCUT2D eigenvalue weighted by molar-refractivity contribution is 0.254. The first-order chi connectivity index (χ1) is 15.7. The molecule has 2 atom stereocenters. The molecular weight excluding hydrogens is 396 g/mol. The van der Waals surface area contributed by atoms with Crippen molar-refractivity contribution in [2.75, 3.05) is 0 Å². The van der Waals surface area contributed by atoms with Gasteiger partial charge < -0.3 is 0 Å². The summed E-state index contributed by atoms with van der Waals surface area (Å²) < 4.78 is 3.94. The molecule has 0 unspecified atom stereocenters. The number of hydrogen-bond donors (Lipinski definition) is 0. The Morgan fingerprint density at radius 1 is 0.938 bits per heavy atom. The van der Waals surface area contributed by atoms with E-state index in [2.05, 4.69) is 49.8 Å². The van der Waals surface area contributed by atoms with Gasteiger partial charge in [-0.15, -0.1) is 6.58 Å². The van der Waals surface area contributed by atoms with Crippen molar-refractivity contribution < 1.29 is 0 Å². The Kier molecular flexibility index (Phi) is 5.67. The maximum atomic E-state index is 4.67. The van der Waals surface area contributed by atoms with Gasteiger partial charge in [0.25, 0.3) is 0 Å². The molecule has 1 saturated carbocycles. The van der Waals surface area contributed by atoms with Crippen molar-refractivity contribution in [3.05, 3.63) is 74.1 Å². The first-order valence-electron chi connectivity index (χ1n) is 11.3. The standard InChI is InChI=1S/C26H28N6/c1-3-6-19-7-4-10-25(11-19)32-18-24(16-30-32)22-13-27-26(28-14-22)21-9-5-8-20(12-21)23-15-29-31(2)17-23/h3,5,8-9,12-19,25H,1,4,6-7,10-11H2,2H3/t19-,25+/m1/s1. The quantitative estimate of drug-likeness (QED) is 0.372. The van der Waals surface area contributed by atoms with Gasteiger partial charge in [-0.3, -0.25) is 9.36 Å². The number of nitrogens with zero attached hydrogens (tertiary/aromatic N) is 6. The lowest BCUT2D eigenvalue weighted by Gasteiger charge is -2.28. The van der Waals surface area contributed by atoms with Gasteiger partial charge in [0.15, 0.2) is 5.82 Å². The van der Waals surface area contributed by atoms with Crippen molar-refractivity contribution in [1.29, 1.82) is 0 Å². The molecule has 1 fully saturated rings. The first kappa shape index (κ1) is 20.4. The van der Waals surface area contributed by atoms with E-state index in [4.69, 9.17) is 0 Å². The van der Waals surface area contributed by atoms with E-state index in [0.29, 0.717) is 11.9 Å². The van der Waals surface area contributed by atoms with E-state index in [-0.39, 0.29) is 0 Å². The summed E-state index contributed by atoms with van der Waals surface area (Å²) >= 11 is 0. The van der Waals surface area contributed by atoms with Crippen LogP contribution >= 0.6 is 0 Å². The monoisotopic (exact) mass is 424 g/mol. The van der Waals surface area contributed by atoms with Crippen molar-refractivity contribution in [3.63, 3.8) is 0 Å². The van der Waals surface area contributed by atoms with Crippen LogP contribution in [-0.4, -0.2) is 29.5 Å². The van der Waals surface area contributed by atoms with E-state index in [9.17, 15) is 0 Å². The topological polar surface area (TPSA) is 61.4 Å². The Morgan fingerprint density at radius 3 is 2.50 bits per heavy atom. The largest absolute Gasteiger partial charge is 0.275 e. The Hall–Kier alpha value is -3.54. The van der Waals surface area contributed by atoms with Crippen molar-refractivity contribution >= 4 is 0 Å². The zero-order valence-electron chi connectivity index (χ0n) is 18.4. The van der Waals surface area contributed by atoms with Crippen LogP contribution in [0, 0.1) is 5.92 Å². The molecule has 1 aliphatic carbocycles. The number of allylic oxidation sites excluding steroid dienone is 1. The number of hydrogen-bond acceptors (Lipinski definition) is 4. The van der Waals surface area contributed by atoms with Crippen LogP contribution < -0.4 is 0 Å². The van der Waals surface area contributed by atoms with Crippen molar-refractivity contribution in [3.8, 4) is 33.6 Å². The predicted octanol–water partition coefficient (Wildman–Crippen LogP) is 5.72. The molecule has 0 bridgehead atoms. The first-order valence-corrected chi connectivity index (χ1v) is 11.3. The van der Waals surface area contributed by atoms with Gasteiger partial charge in [-0.2, -0.15) is 10.2 Å². The van der Waals surface area contributed by atoms with E-state index in [0.717, 1.165) is 40.2 Å². The molecule has 0 saturated heterocycles. The third-order valence-corrected chi connectivity index (χ3v) is 6.37. The van der Waals surface area contributed by atoms with Gasteiger partial charge in [-0.05, 0) is 43.2 Å². The second-order valence-corrected chi connectivity index (χ2v) is 8.70. The SMILES string of the molecule is C=CC[C@@H]1CCC[C@H](n2cc(-c3cnc(-c4cccc(-c5cnn(C)c5)c4)nc3)cn2)C1. The molecule has 0 spiro atoms. The van der Waals surface area contributed by atoms with Crippen LogP contribution in [0.4, 0.5) is 0 Å². The lowest BCUT2D eigenvalue weighted by atomic mass is 9.84. The van der Waals surface area contributed by atoms with Crippen molar-refractivity contribution in [2.24, 2.45) is 13.0 Å².